The molecule has 0 radical (unpaired) electrons. The van der Waals surface area contributed by atoms with Crippen LogP contribution < -0.4 is 0 Å². The Morgan fingerprint density at radius 2 is 1.14 bits per heavy atom. The second-order valence-electron chi connectivity index (χ2n) is 6.30. The molecule has 0 aliphatic carbocycles. The Morgan fingerprint density at radius 1 is 0.714 bits per heavy atom. The van der Waals surface area contributed by atoms with E-state index < -0.39 is 0 Å². The normalized spacial score (nSPS) is 12.5. The lowest BCUT2D eigenvalue weighted by Gasteiger charge is -2.09. The molecule has 0 aromatic carbocycles. The van der Waals surface area contributed by atoms with Gasteiger partial charge in [-0.05, 0) is 19.3 Å². The summed E-state index contributed by atoms with van der Waals surface area (Å²) >= 11 is 0. The van der Waals surface area contributed by atoms with Crippen LogP contribution in [-0.4, -0.2) is 17.8 Å². The van der Waals surface area contributed by atoms with Crippen LogP contribution in [0.1, 0.15) is 103 Å². The lowest BCUT2D eigenvalue weighted by Crippen LogP contribution is -2.03. The minimum Gasteiger partial charge on any atom is -0.396 e. The molecule has 1 unspecified atom stereocenters. The van der Waals surface area contributed by atoms with Gasteiger partial charge in [0.15, 0.2) is 0 Å². The number of nitrogens with zero attached hydrogens (tertiary/aromatic N) is 1. The molecule has 3 heteroatoms. The van der Waals surface area contributed by atoms with Crippen molar-refractivity contribution < 1.29 is 5.11 Å². The molecule has 126 valence electrons. The van der Waals surface area contributed by atoms with Crippen molar-refractivity contribution in [3.63, 3.8) is 0 Å². The van der Waals surface area contributed by atoms with Gasteiger partial charge in [-0.1, -0.05) is 89.2 Å². The number of nitroso groups, excluding NO2 is 1. The molecule has 0 bridgehead atoms. The maximum atomic E-state index is 10.8. The van der Waals surface area contributed by atoms with Gasteiger partial charge in [-0.25, -0.2) is 0 Å². The third-order valence-corrected chi connectivity index (χ3v) is 4.24. The van der Waals surface area contributed by atoms with Crippen LogP contribution in [0.25, 0.3) is 0 Å². The maximum Gasteiger partial charge on any atom is 0.0919 e. The highest BCUT2D eigenvalue weighted by Gasteiger charge is 2.07. The molecule has 0 saturated heterocycles. The number of hydrogen-bond acceptors (Lipinski definition) is 3. The SMILES string of the molecule is CCCCCCCCC(CCCCCCCCCO)N=O. The van der Waals surface area contributed by atoms with Crippen LogP contribution in [0.2, 0.25) is 0 Å². The molecule has 0 rings (SSSR count). The lowest BCUT2D eigenvalue weighted by atomic mass is 10.0. The van der Waals surface area contributed by atoms with Crippen molar-refractivity contribution in [2.24, 2.45) is 5.18 Å². The molecule has 1 atom stereocenters. The van der Waals surface area contributed by atoms with E-state index in [1.54, 1.807) is 0 Å². The van der Waals surface area contributed by atoms with E-state index in [1.165, 1.54) is 64.2 Å². The fraction of sp³-hybridized carbons (Fsp3) is 1.00. The summed E-state index contributed by atoms with van der Waals surface area (Å²) in [5.74, 6) is 0. The highest BCUT2D eigenvalue weighted by molar-refractivity contribution is 4.66. The van der Waals surface area contributed by atoms with Crippen molar-refractivity contribution in [2.45, 2.75) is 109 Å². The first-order valence-corrected chi connectivity index (χ1v) is 9.28. The first kappa shape index (κ1) is 20.6. The van der Waals surface area contributed by atoms with Crippen LogP contribution in [0.15, 0.2) is 5.18 Å². The van der Waals surface area contributed by atoms with E-state index in [0.717, 1.165) is 32.1 Å². The molecule has 0 saturated carbocycles. The van der Waals surface area contributed by atoms with E-state index in [0.29, 0.717) is 6.61 Å². The molecule has 0 aliphatic rings. The van der Waals surface area contributed by atoms with E-state index in [2.05, 4.69) is 12.1 Å². The monoisotopic (exact) mass is 299 g/mol. The van der Waals surface area contributed by atoms with Crippen molar-refractivity contribution in [3.8, 4) is 0 Å². The van der Waals surface area contributed by atoms with Gasteiger partial charge >= 0.3 is 0 Å². The minimum atomic E-state index is 0.0607. The second kappa shape index (κ2) is 17.6. The zero-order valence-corrected chi connectivity index (χ0v) is 14.2. The second-order valence-corrected chi connectivity index (χ2v) is 6.30. The zero-order valence-electron chi connectivity index (χ0n) is 14.2. The van der Waals surface area contributed by atoms with E-state index in [4.69, 9.17) is 5.11 Å². The maximum absolute atomic E-state index is 10.8. The largest absolute Gasteiger partial charge is 0.396 e. The van der Waals surface area contributed by atoms with Crippen LogP contribution in [0, 0.1) is 4.91 Å². The molecule has 0 spiro atoms. The Hall–Kier alpha value is -0.440. The van der Waals surface area contributed by atoms with Gasteiger partial charge in [0.25, 0.3) is 0 Å². The van der Waals surface area contributed by atoms with Gasteiger partial charge < -0.3 is 5.11 Å². The predicted molar refractivity (Wildman–Crippen MR) is 91.6 cm³/mol. The first-order chi connectivity index (χ1) is 10.3. The third-order valence-electron chi connectivity index (χ3n) is 4.24. The molecule has 21 heavy (non-hydrogen) atoms. The van der Waals surface area contributed by atoms with Gasteiger partial charge in [-0.15, -0.1) is 0 Å². The number of aliphatic hydroxyl groups excluding tert-OH is 1. The van der Waals surface area contributed by atoms with Crippen LogP contribution in [0.5, 0.6) is 0 Å². The Balaban J connectivity index is 3.30. The van der Waals surface area contributed by atoms with Crippen LogP contribution in [0.3, 0.4) is 0 Å². The number of rotatable bonds is 17. The Morgan fingerprint density at radius 3 is 1.57 bits per heavy atom. The number of aliphatic hydroxyl groups is 1. The average molecular weight is 299 g/mol. The summed E-state index contributed by atoms with van der Waals surface area (Å²) in [4.78, 5) is 10.8. The molecule has 0 fully saturated rings. The Bertz CT molecular complexity index is 209. The van der Waals surface area contributed by atoms with Crippen LogP contribution in [0.4, 0.5) is 0 Å². The van der Waals surface area contributed by atoms with Gasteiger partial charge in [0.05, 0.1) is 6.04 Å². The summed E-state index contributed by atoms with van der Waals surface area (Å²) in [6, 6.07) is 0.0607. The summed E-state index contributed by atoms with van der Waals surface area (Å²) in [5, 5.41) is 12.0. The van der Waals surface area contributed by atoms with Crippen molar-refractivity contribution in [1.29, 1.82) is 0 Å². The fourth-order valence-electron chi connectivity index (χ4n) is 2.79. The van der Waals surface area contributed by atoms with Crippen LogP contribution in [-0.2, 0) is 0 Å². The number of unbranched alkanes of at least 4 members (excludes halogenated alkanes) is 11. The van der Waals surface area contributed by atoms with Crippen molar-refractivity contribution in [3.05, 3.63) is 4.91 Å². The molecule has 3 nitrogen and oxygen atoms in total. The molecular formula is C18H37NO2. The molecule has 0 amide bonds. The van der Waals surface area contributed by atoms with Gasteiger partial charge in [0.1, 0.15) is 0 Å². The fourth-order valence-corrected chi connectivity index (χ4v) is 2.79. The molecule has 0 aromatic rings. The highest BCUT2D eigenvalue weighted by Crippen LogP contribution is 2.16. The van der Waals surface area contributed by atoms with Crippen molar-refractivity contribution in [2.75, 3.05) is 6.61 Å². The van der Waals surface area contributed by atoms with Gasteiger partial charge in [0.2, 0.25) is 0 Å². The quantitative estimate of drug-likeness (QED) is 0.265. The van der Waals surface area contributed by atoms with E-state index in [-0.39, 0.29) is 6.04 Å². The van der Waals surface area contributed by atoms with E-state index in [9.17, 15) is 4.91 Å². The smallest absolute Gasteiger partial charge is 0.0919 e. The summed E-state index contributed by atoms with van der Waals surface area (Å²) in [6.45, 7) is 2.56. The summed E-state index contributed by atoms with van der Waals surface area (Å²) < 4.78 is 0. The topological polar surface area (TPSA) is 49.7 Å². The third kappa shape index (κ3) is 15.8. The number of hydrogen-bond donors (Lipinski definition) is 1. The van der Waals surface area contributed by atoms with Crippen molar-refractivity contribution >= 4 is 0 Å². The predicted octanol–water partition coefficient (Wildman–Crippen LogP) is 5.99. The van der Waals surface area contributed by atoms with Gasteiger partial charge in [-0.3, -0.25) is 0 Å². The first-order valence-electron chi connectivity index (χ1n) is 9.28. The zero-order chi connectivity index (χ0) is 15.6. The van der Waals surface area contributed by atoms with E-state index >= 15 is 0 Å². The summed E-state index contributed by atoms with van der Waals surface area (Å²) in [7, 11) is 0. The molecule has 1 N–H and O–H groups in total. The van der Waals surface area contributed by atoms with Crippen molar-refractivity contribution in [1.82, 2.24) is 0 Å². The Kier molecular flexibility index (Phi) is 17.2. The van der Waals surface area contributed by atoms with E-state index in [1.807, 2.05) is 0 Å². The lowest BCUT2D eigenvalue weighted by molar-refractivity contribution is 0.282. The molecular weight excluding hydrogens is 262 g/mol. The van der Waals surface area contributed by atoms with Gasteiger partial charge in [-0.2, -0.15) is 4.91 Å². The molecule has 0 aliphatic heterocycles. The summed E-state index contributed by atoms with van der Waals surface area (Å²) in [5.41, 5.74) is 0. The Labute approximate surface area is 131 Å². The summed E-state index contributed by atoms with van der Waals surface area (Å²) in [6.07, 6.45) is 17.9. The standard InChI is InChI=1S/C18H37NO2/c1-2-3-4-5-9-12-15-18(19-21)16-13-10-7-6-8-11-14-17-20/h18,20H,2-17H2,1H3. The van der Waals surface area contributed by atoms with Gasteiger partial charge in [0, 0.05) is 6.61 Å². The average Bonchev–Trinajstić information content (AvgIpc) is 2.51. The highest BCUT2D eigenvalue weighted by atomic mass is 16.3. The van der Waals surface area contributed by atoms with Crippen LogP contribution >= 0.6 is 0 Å². The minimum absolute atomic E-state index is 0.0607. The molecule has 0 aromatic heterocycles. The molecule has 0 heterocycles.